The molecule has 1 atom stereocenters. The van der Waals surface area contributed by atoms with E-state index in [2.05, 4.69) is 17.6 Å². The molecule has 22 heavy (non-hydrogen) atoms. The molecule has 0 aromatic heterocycles. The van der Waals surface area contributed by atoms with Gasteiger partial charge < -0.3 is 15.5 Å². The minimum absolute atomic E-state index is 0. The molecule has 0 aliphatic carbocycles. The highest BCUT2D eigenvalue weighted by atomic mass is 35.5. The lowest BCUT2D eigenvalue weighted by molar-refractivity contribution is -0.134. The highest BCUT2D eigenvalue weighted by Gasteiger charge is 2.22. The summed E-state index contributed by atoms with van der Waals surface area (Å²) >= 11 is 0. The zero-order valence-corrected chi connectivity index (χ0v) is 13.7. The van der Waals surface area contributed by atoms with Crippen molar-refractivity contribution in [3.05, 3.63) is 35.9 Å². The summed E-state index contributed by atoms with van der Waals surface area (Å²) in [4.78, 5) is 25.9. The number of nitrogens with zero attached hydrogens (tertiary/aromatic N) is 1. The van der Waals surface area contributed by atoms with Gasteiger partial charge in [0.1, 0.15) is 0 Å². The van der Waals surface area contributed by atoms with Crippen LogP contribution in [0.3, 0.4) is 0 Å². The Hall–Kier alpha value is -1.59. The van der Waals surface area contributed by atoms with Crippen molar-refractivity contribution in [2.75, 3.05) is 26.2 Å². The maximum atomic E-state index is 12.1. The van der Waals surface area contributed by atoms with Gasteiger partial charge >= 0.3 is 0 Å². The Morgan fingerprint density at radius 1 is 1.32 bits per heavy atom. The molecule has 0 saturated carbocycles. The molecule has 0 bridgehead atoms. The van der Waals surface area contributed by atoms with Crippen molar-refractivity contribution in [2.24, 2.45) is 0 Å². The molecule has 0 spiro atoms. The molecular weight excluding hydrogens is 302 g/mol. The number of piperazine rings is 1. The average molecular weight is 326 g/mol. The fraction of sp³-hybridized carbons (Fsp3) is 0.500. The van der Waals surface area contributed by atoms with Crippen molar-refractivity contribution < 1.29 is 9.59 Å². The molecule has 2 rings (SSSR count). The zero-order chi connectivity index (χ0) is 15.1. The van der Waals surface area contributed by atoms with E-state index >= 15 is 0 Å². The lowest BCUT2D eigenvalue weighted by atomic mass is 10.1. The van der Waals surface area contributed by atoms with E-state index in [1.54, 1.807) is 12.1 Å². The van der Waals surface area contributed by atoms with E-state index in [1.165, 1.54) is 0 Å². The molecule has 2 amide bonds. The van der Waals surface area contributed by atoms with E-state index in [0.717, 1.165) is 19.6 Å². The van der Waals surface area contributed by atoms with Gasteiger partial charge in [0, 0.05) is 44.2 Å². The topological polar surface area (TPSA) is 61.4 Å². The minimum atomic E-state index is -0.0846. The molecular formula is C16H24ClN3O2. The lowest BCUT2D eigenvalue weighted by Gasteiger charge is -2.34. The Morgan fingerprint density at radius 2 is 2.05 bits per heavy atom. The average Bonchev–Trinajstić information content (AvgIpc) is 2.52. The van der Waals surface area contributed by atoms with Crippen molar-refractivity contribution in [1.29, 1.82) is 0 Å². The number of benzene rings is 1. The number of rotatable bonds is 5. The molecule has 122 valence electrons. The summed E-state index contributed by atoms with van der Waals surface area (Å²) in [6.45, 7) is 5.08. The third kappa shape index (κ3) is 5.31. The highest BCUT2D eigenvalue weighted by Crippen LogP contribution is 2.06. The van der Waals surface area contributed by atoms with Crippen LogP contribution < -0.4 is 10.6 Å². The molecule has 5 nitrogen and oxygen atoms in total. The predicted octanol–water partition coefficient (Wildman–Crippen LogP) is 1.44. The maximum absolute atomic E-state index is 12.1. The van der Waals surface area contributed by atoms with Crippen molar-refractivity contribution in [1.82, 2.24) is 15.5 Å². The maximum Gasteiger partial charge on any atom is 0.251 e. The number of carbonyl (C=O) groups is 2. The van der Waals surface area contributed by atoms with Gasteiger partial charge in [0.15, 0.2) is 0 Å². The zero-order valence-electron chi connectivity index (χ0n) is 12.9. The second-order valence-electron chi connectivity index (χ2n) is 5.37. The van der Waals surface area contributed by atoms with Crippen LogP contribution >= 0.6 is 12.4 Å². The quantitative estimate of drug-likeness (QED) is 0.805. The highest BCUT2D eigenvalue weighted by molar-refractivity contribution is 5.94. The number of amides is 2. The molecule has 1 aromatic carbocycles. The van der Waals surface area contributed by atoms with Crippen LogP contribution in [0.1, 0.15) is 30.1 Å². The number of hydrogen-bond acceptors (Lipinski definition) is 3. The van der Waals surface area contributed by atoms with Crippen molar-refractivity contribution >= 4 is 24.2 Å². The smallest absolute Gasteiger partial charge is 0.251 e. The Morgan fingerprint density at radius 3 is 2.73 bits per heavy atom. The van der Waals surface area contributed by atoms with Crippen LogP contribution in [0.5, 0.6) is 0 Å². The molecule has 1 heterocycles. The van der Waals surface area contributed by atoms with Crippen LogP contribution in [0.2, 0.25) is 0 Å². The van der Waals surface area contributed by atoms with Crippen LogP contribution in [-0.2, 0) is 4.79 Å². The number of carbonyl (C=O) groups excluding carboxylic acids is 2. The van der Waals surface area contributed by atoms with Gasteiger partial charge in [-0.25, -0.2) is 0 Å². The Labute approximate surface area is 137 Å². The van der Waals surface area contributed by atoms with Crippen molar-refractivity contribution in [3.8, 4) is 0 Å². The first-order valence-corrected chi connectivity index (χ1v) is 7.52. The van der Waals surface area contributed by atoms with E-state index in [1.807, 2.05) is 23.1 Å². The summed E-state index contributed by atoms with van der Waals surface area (Å²) in [5.74, 6) is 0.0940. The summed E-state index contributed by atoms with van der Waals surface area (Å²) in [5.41, 5.74) is 0.652. The van der Waals surface area contributed by atoms with Crippen LogP contribution in [0.4, 0.5) is 0 Å². The van der Waals surface area contributed by atoms with Gasteiger partial charge in [-0.2, -0.15) is 0 Å². The fourth-order valence-corrected chi connectivity index (χ4v) is 2.49. The summed E-state index contributed by atoms with van der Waals surface area (Å²) in [7, 11) is 0. The van der Waals surface area contributed by atoms with Gasteiger partial charge in [-0.15, -0.1) is 12.4 Å². The minimum Gasteiger partial charge on any atom is -0.352 e. The molecule has 1 aliphatic rings. The van der Waals surface area contributed by atoms with Gasteiger partial charge in [-0.1, -0.05) is 18.2 Å². The molecule has 1 aromatic rings. The first-order chi connectivity index (χ1) is 10.2. The van der Waals surface area contributed by atoms with Crippen LogP contribution in [0.25, 0.3) is 0 Å². The first-order valence-electron chi connectivity index (χ1n) is 7.52. The number of hydrogen-bond donors (Lipinski definition) is 2. The standard InChI is InChI=1S/C16H23N3O2.ClH/c1-13-12-17-10-11-19(13)15(20)8-5-9-18-16(21)14-6-3-2-4-7-14;/h2-4,6-7,13,17H,5,8-12H2,1H3,(H,18,21);1H. The monoisotopic (exact) mass is 325 g/mol. The van der Waals surface area contributed by atoms with Crippen molar-refractivity contribution in [3.63, 3.8) is 0 Å². The molecule has 0 radical (unpaired) electrons. The van der Waals surface area contributed by atoms with Crippen LogP contribution in [0, 0.1) is 0 Å². The fourth-order valence-electron chi connectivity index (χ4n) is 2.49. The molecule has 1 unspecified atom stereocenters. The molecule has 2 N–H and O–H groups in total. The Balaban J connectivity index is 0.00000242. The second-order valence-corrected chi connectivity index (χ2v) is 5.37. The van der Waals surface area contributed by atoms with Gasteiger partial charge in [0.05, 0.1) is 0 Å². The first kappa shape index (κ1) is 18.5. The summed E-state index contributed by atoms with van der Waals surface area (Å²) < 4.78 is 0. The third-order valence-electron chi connectivity index (χ3n) is 3.71. The predicted molar refractivity (Wildman–Crippen MR) is 89.3 cm³/mol. The largest absolute Gasteiger partial charge is 0.352 e. The van der Waals surface area contributed by atoms with E-state index in [0.29, 0.717) is 24.9 Å². The number of halogens is 1. The van der Waals surface area contributed by atoms with E-state index < -0.39 is 0 Å². The molecule has 1 fully saturated rings. The Bertz CT molecular complexity index is 482. The van der Waals surface area contributed by atoms with Crippen LogP contribution in [0.15, 0.2) is 30.3 Å². The third-order valence-corrected chi connectivity index (χ3v) is 3.71. The van der Waals surface area contributed by atoms with Crippen LogP contribution in [-0.4, -0.2) is 48.9 Å². The summed E-state index contributed by atoms with van der Waals surface area (Å²) in [5, 5.41) is 6.12. The van der Waals surface area contributed by atoms with Gasteiger partial charge in [0.2, 0.25) is 5.91 Å². The van der Waals surface area contributed by atoms with Gasteiger partial charge in [-0.3, -0.25) is 9.59 Å². The van der Waals surface area contributed by atoms with Gasteiger partial charge in [-0.05, 0) is 25.5 Å². The lowest BCUT2D eigenvalue weighted by Crippen LogP contribution is -2.52. The Kier molecular flexibility index (Phi) is 7.91. The molecule has 1 saturated heterocycles. The summed E-state index contributed by atoms with van der Waals surface area (Å²) in [6, 6.07) is 9.37. The van der Waals surface area contributed by atoms with E-state index in [9.17, 15) is 9.59 Å². The van der Waals surface area contributed by atoms with E-state index in [4.69, 9.17) is 0 Å². The van der Waals surface area contributed by atoms with Gasteiger partial charge in [0.25, 0.3) is 5.91 Å². The van der Waals surface area contributed by atoms with Crippen molar-refractivity contribution in [2.45, 2.75) is 25.8 Å². The molecule has 6 heteroatoms. The SMILES string of the molecule is CC1CNCCN1C(=O)CCCNC(=O)c1ccccc1.Cl. The number of nitrogens with one attached hydrogen (secondary N) is 2. The molecule has 1 aliphatic heterocycles. The van der Waals surface area contributed by atoms with E-state index in [-0.39, 0.29) is 30.3 Å². The second kappa shape index (κ2) is 9.43. The summed E-state index contributed by atoms with van der Waals surface area (Å²) in [6.07, 6.45) is 1.16. The normalized spacial score (nSPS) is 17.5.